The van der Waals surface area contributed by atoms with E-state index in [1.807, 2.05) is 51.2 Å². The first-order chi connectivity index (χ1) is 13.7. The summed E-state index contributed by atoms with van der Waals surface area (Å²) in [5.74, 6) is 1.43. The summed E-state index contributed by atoms with van der Waals surface area (Å²) in [6.45, 7) is 4.00. The van der Waals surface area contributed by atoms with Crippen LogP contribution in [-0.2, 0) is 0 Å². The highest BCUT2D eigenvalue weighted by Crippen LogP contribution is 2.31. The molecule has 0 spiro atoms. The lowest BCUT2D eigenvalue weighted by atomic mass is 10.3. The average molecular weight is 434 g/mol. The Morgan fingerprint density at radius 3 is 2.21 bits per heavy atom. The van der Waals surface area contributed by atoms with Crippen LogP contribution in [0.4, 0.5) is 23.0 Å². The molecule has 1 aromatic heterocycles. The van der Waals surface area contributed by atoms with Crippen LogP contribution in [0.5, 0.6) is 0 Å². The van der Waals surface area contributed by atoms with Crippen molar-refractivity contribution in [2.45, 2.75) is 23.6 Å². The van der Waals surface area contributed by atoms with Crippen LogP contribution < -0.4 is 15.4 Å². The molecule has 8 heteroatoms. The van der Waals surface area contributed by atoms with E-state index in [2.05, 4.69) is 49.8 Å². The Morgan fingerprint density at radius 1 is 0.893 bits per heavy atom. The lowest BCUT2D eigenvalue weighted by Crippen LogP contribution is -2.00. The van der Waals surface area contributed by atoms with Gasteiger partial charge in [0.15, 0.2) is 0 Å². The Kier molecular flexibility index (Phi) is 9.43. The topological polar surface area (TPSA) is 61.9 Å². The van der Waals surface area contributed by atoms with Crippen molar-refractivity contribution in [2.75, 3.05) is 23.9 Å². The maximum absolute atomic E-state index is 5.92. The van der Waals surface area contributed by atoms with E-state index in [1.165, 1.54) is 6.33 Å². The van der Waals surface area contributed by atoms with E-state index >= 15 is 0 Å². The normalized spacial score (nSPS) is 10.0. The number of hydrogen-bond donors (Lipinski definition) is 3. The van der Waals surface area contributed by atoms with Crippen LogP contribution in [0.1, 0.15) is 13.8 Å². The highest BCUT2D eigenvalue weighted by atomic mass is 35.5. The molecule has 0 saturated carbocycles. The number of hydrogen-bond acceptors (Lipinski definition) is 7. The Morgan fingerprint density at radius 2 is 1.57 bits per heavy atom. The fourth-order valence-corrected chi connectivity index (χ4v) is 3.49. The fourth-order valence-electron chi connectivity index (χ4n) is 2.28. The van der Waals surface area contributed by atoms with Crippen molar-refractivity contribution in [2.24, 2.45) is 0 Å². The largest absolute Gasteiger partial charge is 0.340 e. The molecule has 0 aliphatic carbocycles. The third kappa shape index (κ3) is 6.60. The lowest BCUT2D eigenvalue weighted by Gasteiger charge is -2.13. The van der Waals surface area contributed by atoms with Gasteiger partial charge < -0.3 is 10.6 Å². The summed E-state index contributed by atoms with van der Waals surface area (Å²) in [5.41, 5.74) is 1.92. The second-order valence-electron chi connectivity index (χ2n) is 5.21. The number of aromatic nitrogens is 2. The Hall–Kier alpha value is -1.93. The molecule has 0 radical (unpaired) electrons. The van der Waals surface area contributed by atoms with Crippen LogP contribution in [0.3, 0.4) is 0 Å². The van der Waals surface area contributed by atoms with Crippen LogP contribution >= 0.6 is 35.3 Å². The summed E-state index contributed by atoms with van der Waals surface area (Å²) in [7, 11) is 1.90. The predicted molar refractivity (Wildman–Crippen MR) is 125 cm³/mol. The number of nitrogens with zero attached hydrogens (tertiary/aromatic N) is 2. The summed E-state index contributed by atoms with van der Waals surface area (Å²) < 4.78 is 3.09. The zero-order valence-electron chi connectivity index (χ0n) is 16.3. The number of benzene rings is 2. The zero-order valence-corrected chi connectivity index (χ0v) is 18.7. The van der Waals surface area contributed by atoms with Gasteiger partial charge in [-0.25, -0.2) is 9.97 Å². The Bertz CT molecular complexity index is 875. The van der Waals surface area contributed by atoms with Crippen molar-refractivity contribution in [3.63, 3.8) is 0 Å². The van der Waals surface area contributed by atoms with Crippen molar-refractivity contribution in [1.82, 2.24) is 14.7 Å². The summed E-state index contributed by atoms with van der Waals surface area (Å²) in [6.07, 6.45) is 3.59. The highest BCUT2D eigenvalue weighted by molar-refractivity contribution is 7.98. The number of halogens is 1. The molecule has 5 nitrogen and oxygen atoms in total. The number of anilines is 4. The average Bonchev–Trinajstić information content (AvgIpc) is 2.72. The quantitative estimate of drug-likeness (QED) is 0.287. The highest BCUT2D eigenvalue weighted by Gasteiger charge is 2.06. The molecule has 148 valence electrons. The summed E-state index contributed by atoms with van der Waals surface area (Å²) in [4.78, 5) is 10.9. The van der Waals surface area contributed by atoms with Gasteiger partial charge in [-0.3, -0.25) is 4.72 Å². The minimum atomic E-state index is 0.699. The van der Waals surface area contributed by atoms with Gasteiger partial charge in [-0.2, -0.15) is 0 Å². The second-order valence-corrected chi connectivity index (χ2v) is 7.58. The third-order valence-corrected chi connectivity index (χ3v) is 5.18. The maximum Gasteiger partial charge on any atom is 0.135 e. The lowest BCUT2D eigenvalue weighted by molar-refractivity contribution is 1.16. The first kappa shape index (κ1) is 22.4. The van der Waals surface area contributed by atoms with Gasteiger partial charge >= 0.3 is 0 Å². The van der Waals surface area contributed by atoms with Crippen molar-refractivity contribution < 1.29 is 0 Å². The van der Waals surface area contributed by atoms with Crippen molar-refractivity contribution in [3.8, 4) is 0 Å². The van der Waals surface area contributed by atoms with E-state index < -0.39 is 0 Å². The number of rotatable bonds is 7. The molecule has 3 rings (SSSR count). The van der Waals surface area contributed by atoms with Gasteiger partial charge in [-0.15, -0.1) is 11.8 Å². The molecule has 28 heavy (non-hydrogen) atoms. The summed E-state index contributed by atoms with van der Waals surface area (Å²) in [5, 5.41) is 7.33. The molecule has 3 N–H and O–H groups in total. The first-order valence-corrected chi connectivity index (χ1v) is 11.2. The van der Waals surface area contributed by atoms with Gasteiger partial charge in [0.1, 0.15) is 18.0 Å². The Labute approximate surface area is 180 Å². The smallest absolute Gasteiger partial charge is 0.135 e. The number of nitrogens with one attached hydrogen (secondary N) is 3. The molecule has 0 bridgehead atoms. The molecular formula is C20H24ClN5S2. The van der Waals surface area contributed by atoms with Gasteiger partial charge in [0.05, 0.1) is 5.69 Å². The van der Waals surface area contributed by atoms with Crippen LogP contribution in [-0.4, -0.2) is 23.3 Å². The molecule has 3 aromatic rings. The van der Waals surface area contributed by atoms with E-state index in [9.17, 15) is 0 Å². The standard InChI is InChI=1S/C18H18ClN5S2.C2H6/c1-20-26-14-7-8-16(25-2)15(9-14)24-18-10-17(21-11-22-18)23-13-5-3-12(19)4-6-13;1-2/h3-11,20H,1-2H3,(H2,21,22,23,24);1-2H3. The monoisotopic (exact) mass is 433 g/mol. The maximum atomic E-state index is 5.92. The molecule has 0 amide bonds. The van der Waals surface area contributed by atoms with E-state index in [-0.39, 0.29) is 0 Å². The second kappa shape index (κ2) is 11.8. The van der Waals surface area contributed by atoms with Gasteiger partial charge in [0, 0.05) is 26.6 Å². The summed E-state index contributed by atoms with van der Waals surface area (Å²) >= 11 is 9.18. The Balaban J connectivity index is 0.00000136. The van der Waals surface area contributed by atoms with Gasteiger partial charge in [0.2, 0.25) is 0 Å². The molecule has 0 fully saturated rings. The molecule has 0 aliphatic heterocycles. The van der Waals surface area contributed by atoms with E-state index in [1.54, 1.807) is 23.7 Å². The zero-order chi connectivity index (χ0) is 20.4. The summed E-state index contributed by atoms with van der Waals surface area (Å²) in [6, 6.07) is 15.6. The van der Waals surface area contributed by atoms with Gasteiger partial charge in [-0.1, -0.05) is 25.4 Å². The van der Waals surface area contributed by atoms with Crippen LogP contribution in [0.25, 0.3) is 0 Å². The van der Waals surface area contributed by atoms with Crippen LogP contribution in [0.15, 0.2) is 64.6 Å². The SMILES string of the molecule is CC.CNSc1ccc(SC)c(Nc2cc(Nc3ccc(Cl)cc3)ncn2)c1. The van der Waals surface area contributed by atoms with Crippen molar-refractivity contribution in [3.05, 3.63) is 59.9 Å². The minimum absolute atomic E-state index is 0.699. The van der Waals surface area contributed by atoms with Gasteiger partial charge in [-0.05, 0) is 67.7 Å². The fraction of sp³-hybridized carbons (Fsp3) is 0.200. The van der Waals surface area contributed by atoms with Crippen molar-refractivity contribution in [1.29, 1.82) is 0 Å². The minimum Gasteiger partial charge on any atom is -0.340 e. The van der Waals surface area contributed by atoms with Crippen molar-refractivity contribution >= 4 is 58.3 Å². The number of thioether (sulfide) groups is 1. The van der Waals surface area contributed by atoms with Crippen LogP contribution in [0.2, 0.25) is 5.02 Å². The molecule has 2 aromatic carbocycles. The molecule has 1 heterocycles. The van der Waals surface area contributed by atoms with Gasteiger partial charge in [0.25, 0.3) is 0 Å². The predicted octanol–water partition coefficient (Wildman–Crippen LogP) is 6.59. The third-order valence-electron chi connectivity index (χ3n) is 3.44. The van der Waals surface area contributed by atoms with E-state index in [0.717, 1.165) is 27.0 Å². The van der Waals surface area contributed by atoms with E-state index in [4.69, 9.17) is 11.6 Å². The first-order valence-electron chi connectivity index (χ1n) is 8.81. The molecule has 0 saturated heterocycles. The van der Waals surface area contributed by atoms with E-state index in [0.29, 0.717) is 10.8 Å². The molecular weight excluding hydrogens is 410 g/mol. The van der Waals surface area contributed by atoms with Crippen LogP contribution in [0, 0.1) is 0 Å². The molecule has 0 unspecified atom stereocenters. The molecule has 0 aliphatic rings. The molecule has 0 atom stereocenters.